The molecule has 0 unspecified atom stereocenters. The maximum absolute atomic E-state index is 16.2. The van der Waals surface area contributed by atoms with Crippen LogP contribution in [0.2, 0.25) is 0 Å². The number of pyridine rings is 1. The van der Waals surface area contributed by atoms with Crippen LogP contribution in [-0.2, 0) is 6.42 Å². The minimum atomic E-state index is -1.22. The van der Waals surface area contributed by atoms with Gasteiger partial charge in [0.2, 0.25) is 0 Å². The molecule has 6 rings (SSSR count). The van der Waals surface area contributed by atoms with E-state index in [0.717, 1.165) is 31.5 Å². The maximum atomic E-state index is 16.2. The Morgan fingerprint density at radius 2 is 1.95 bits per heavy atom. The van der Waals surface area contributed by atoms with E-state index >= 15 is 4.39 Å². The Balaban J connectivity index is 1.49. The predicted molar refractivity (Wildman–Crippen MR) is 140 cm³/mol. The smallest absolute Gasteiger partial charge is 0.317 e. The number of fused-ring (bicyclic) bond motifs is 3. The summed E-state index contributed by atoms with van der Waals surface area (Å²) in [5.74, 6) is -3.57. The van der Waals surface area contributed by atoms with Crippen molar-refractivity contribution in [2.75, 3.05) is 19.7 Å². The molecule has 4 heterocycles. The Morgan fingerprint density at radius 3 is 2.73 bits per heavy atom. The number of phenolic OH excluding ortho intramolecular Hbond substituents is 1. The molecule has 2 aliphatic rings. The molecule has 210 valence electrons. The van der Waals surface area contributed by atoms with Crippen LogP contribution in [0, 0.1) is 17.5 Å². The normalized spacial score (nSPS) is 21.4. The average molecular weight is 557 g/mol. The zero-order valence-electron chi connectivity index (χ0n) is 22.0. The Kier molecular flexibility index (Phi) is 6.34. The molecule has 4 aromatic rings. The number of aromatic hydroxyl groups is 1. The highest BCUT2D eigenvalue weighted by molar-refractivity contribution is 5.99. The van der Waals surface area contributed by atoms with E-state index in [1.807, 2.05) is 0 Å². The monoisotopic (exact) mass is 556 g/mol. The predicted octanol–water partition coefficient (Wildman–Crippen LogP) is 5.24. The standard InChI is InChI=1S/C29H28F4N4O3/c1-28(2,39)11-21-19-12-34-25(18-9-17(38)8-15-4-5-20(31)23(32)22(15)18)24(33)26(19)36-27(35-21)40-14-29-6-3-7-37(29)13-16(30)10-29/h4-5,8-9,12,16,38-39H,3,6-7,10-11,13-14H2,1-2H3/t16-,29+/m1/s1. The second-order valence-electron chi connectivity index (χ2n) is 11.4. The fourth-order valence-electron chi connectivity index (χ4n) is 6.11. The third-order valence-corrected chi connectivity index (χ3v) is 7.82. The Labute approximate surface area is 227 Å². The highest BCUT2D eigenvalue weighted by Gasteiger charge is 2.49. The van der Waals surface area contributed by atoms with E-state index in [9.17, 15) is 23.4 Å². The Bertz CT molecular complexity index is 1640. The van der Waals surface area contributed by atoms with Gasteiger partial charge in [-0.15, -0.1) is 0 Å². The van der Waals surface area contributed by atoms with Gasteiger partial charge in [-0.05, 0) is 56.8 Å². The molecule has 2 aromatic heterocycles. The van der Waals surface area contributed by atoms with Crippen molar-refractivity contribution in [3.8, 4) is 23.0 Å². The molecule has 2 fully saturated rings. The number of halogens is 4. The van der Waals surface area contributed by atoms with Crippen LogP contribution >= 0.6 is 0 Å². The molecule has 2 aromatic carbocycles. The van der Waals surface area contributed by atoms with Gasteiger partial charge in [0.15, 0.2) is 17.5 Å². The first-order chi connectivity index (χ1) is 18.9. The van der Waals surface area contributed by atoms with Gasteiger partial charge in [-0.3, -0.25) is 9.88 Å². The van der Waals surface area contributed by atoms with Crippen molar-refractivity contribution < 1.29 is 32.5 Å². The average Bonchev–Trinajstić information content (AvgIpc) is 3.40. The topological polar surface area (TPSA) is 91.6 Å². The van der Waals surface area contributed by atoms with Crippen LogP contribution in [0.15, 0.2) is 30.5 Å². The lowest BCUT2D eigenvalue weighted by atomic mass is 9.95. The molecule has 2 aliphatic heterocycles. The van der Waals surface area contributed by atoms with Gasteiger partial charge in [0, 0.05) is 41.9 Å². The molecule has 7 nitrogen and oxygen atoms in total. The lowest BCUT2D eigenvalue weighted by Crippen LogP contribution is -2.43. The van der Waals surface area contributed by atoms with Crippen molar-refractivity contribution >= 4 is 21.7 Å². The summed E-state index contributed by atoms with van der Waals surface area (Å²) < 4.78 is 65.5. The van der Waals surface area contributed by atoms with E-state index in [1.165, 1.54) is 18.3 Å². The summed E-state index contributed by atoms with van der Waals surface area (Å²) in [6.45, 7) is 4.37. The highest BCUT2D eigenvalue weighted by Crippen LogP contribution is 2.41. The zero-order valence-corrected chi connectivity index (χ0v) is 22.0. The van der Waals surface area contributed by atoms with E-state index in [0.29, 0.717) is 13.0 Å². The number of ether oxygens (including phenoxy) is 1. The van der Waals surface area contributed by atoms with Gasteiger partial charge < -0.3 is 14.9 Å². The van der Waals surface area contributed by atoms with Crippen molar-refractivity contribution in [2.24, 2.45) is 0 Å². The van der Waals surface area contributed by atoms with Gasteiger partial charge >= 0.3 is 6.01 Å². The van der Waals surface area contributed by atoms with Gasteiger partial charge in [0.1, 0.15) is 29.7 Å². The summed E-state index contributed by atoms with van der Waals surface area (Å²) in [4.78, 5) is 15.0. The third kappa shape index (κ3) is 4.60. The quantitative estimate of drug-likeness (QED) is 0.314. The number of aromatic nitrogens is 3. The minimum Gasteiger partial charge on any atom is -0.508 e. The van der Waals surface area contributed by atoms with Crippen molar-refractivity contribution in [1.82, 2.24) is 19.9 Å². The highest BCUT2D eigenvalue weighted by atomic mass is 19.2. The van der Waals surface area contributed by atoms with Gasteiger partial charge in [-0.2, -0.15) is 9.97 Å². The summed E-state index contributed by atoms with van der Waals surface area (Å²) in [6.07, 6.45) is 2.35. The summed E-state index contributed by atoms with van der Waals surface area (Å²) in [5, 5.41) is 20.9. The maximum Gasteiger partial charge on any atom is 0.317 e. The summed E-state index contributed by atoms with van der Waals surface area (Å²) in [5.41, 5.74) is -2.13. The number of rotatable bonds is 6. The van der Waals surface area contributed by atoms with Gasteiger partial charge in [-0.25, -0.2) is 17.6 Å². The Morgan fingerprint density at radius 1 is 1.15 bits per heavy atom. The lowest BCUT2D eigenvalue weighted by Gasteiger charge is -2.30. The number of benzene rings is 2. The van der Waals surface area contributed by atoms with Gasteiger partial charge in [0.05, 0.1) is 16.8 Å². The fraction of sp³-hybridized carbons (Fsp3) is 0.414. The second-order valence-corrected chi connectivity index (χ2v) is 11.4. The van der Waals surface area contributed by atoms with E-state index in [2.05, 4.69) is 19.9 Å². The van der Waals surface area contributed by atoms with Crippen LogP contribution in [0.3, 0.4) is 0 Å². The van der Waals surface area contributed by atoms with Crippen LogP contribution in [0.5, 0.6) is 11.8 Å². The first kappa shape index (κ1) is 26.6. The number of phenols is 1. The molecular formula is C29H28F4N4O3. The second kappa shape index (κ2) is 9.52. The number of alkyl halides is 1. The van der Waals surface area contributed by atoms with Crippen molar-refractivity contribution in [2.45, 2.75) is 56.8 Å². The Hall–Kier alpha value is -3.57. The summed E-state index contributed by atoms with van der Waals surface area (Å²) in [7, 11) is 0. The van der Waals surface area contributed by atoms with E-state index < -0.39 is 34.8 Å². The van der Waals surface area contributed by atoms with Crippen LogP contribution in [0.25, 0.3) is 32.9 Å². The summed E-state index contributed by atoms with van der Waals surface area (Å²) in [6, 6.07) is 4.41. The SMILES string of the molecule is CC(C)(O)Cc1nc(OC[C@@]23CCCN2C[C@H](F)C3)nc2c(F)c(-c3cc(O)cc4ccc(F)c(F)c34)ncc12. The molecule has 0 radical (unpaired) electrons. The largest absolute Gasteiger partial charge is 0.508 e. The van der Waals surface area contributed by atoms with Crippen LogP contribution in [-0.4, -0.2) is 67.1 Å². The first-order valence-corrected chi connectivity index (χ1v) is 13.1. The molecule has 0 aliphatic carbocycles. The molecule has 0 bridgehead atoms. The van der Waals surface area contributed by atoms with Gasteiger partial charge in [0.25, 0.3) is 0 Å². The molecule has 2 N–H and O–H groups in total. The lowest BCUT2D eigenvalue weighted by molar-refractivity contribution is 0.0795. The van der Waals surface area contributed by atoms with E-state index in [-0.39, 0.29) is 63.4 Å². The minimum absolute atomic E-state index is 0.0154. The van der Waals surface area contributed by atoms with Crippen LogP contribution < -0.4 is 4.74 Å². The molecular weight excluding hydrogens is 528 g/mol. The molecule has 0 spiro atoms. The van der Waals surface area contributed by atoms with E-state index in [1.54, 1.807) is 13.8 Å². The van der Waals surface area contributed by atoms with Crippen LogP contribution in [0.1, 0.15) is 38.8 Å². The molecule has 40 heavy (non-hydrogen) atoms. The van der Waals surface area contributed by atoms with Crippen molar-refractivity contribution in [1.29, 1.82) is 0 Å². The van der Waals surface area contributed by atoms with Crippen LogP contribution in [0.4, 0.5) is 17.6 Å². The molecule has 0 saturated carbocycles. The number of hydrogen-bond donors (Lipinski definition) is 2. The molecule has 2 saturated heterocycles. The first-order valence-electron chi connectivity index (χ1n) is 13.1. The van der Waals surface area contributed by atoms with Crippen molar-refractivity contribution in [3.63, 3.8) is 0 Å². The molecule has 0 amide bonds. The third-order valence-electron chi connectivity index (χ3n) is 7.82. The number of hydrogen-bond acceptors (Lipinski definition) is 7. The molecule has 11 heteroatoms. The molecule has 2 atom stereocenters. The fourth-order valence-corrected chi connectivity index (χ4v) is 6.11. The zero-order chi connectivity index (χ0) is 28.4. The van der Waals surface area contributed by atoms with Crippen molar-refractivity contribution in [3.05, 3.63) is 53.6 Å². The number of nitrogens with zero attached hydrogens (tertiary/aromatic N) is 4. The van der Waals surface area contributed by atoms with Gasteiger partial charge in [-0.1, -0.05) is 6.07 Å². The number of aliphatic hydroxyl groups is 1. The summed E-state index contributed by atoms with van der Waals surface area (Å²) >= 11 is 0. The van der Waals surface area contributed by atoms with E-state index in [4.69, 9.17) is 4.74 Å².